The molecule has 7 heteroatoms. The Morgan fingerprint density at radius 2 is 1.87 bits per heavy atom. The zero-order chi connectivity index (χ0) is 21.4. The van der Waals surface area contributed by atoms with E-state index in [0.717, 1.165) is 5.56 Å². The molecule has 156 valence electrons. The first-order valence-electron chi connectivity index (χ1n) is 10.1. The number of hydrogen-bond acceptors (Lipinski definition) is 5. The van der Waals surface area contributed by atoms with Gasteiger partial charge < -0.3 is 10.2 Å². The molecule has 2 aromatic carbocycles. The lowest BCUT2D eigenvalue weighted by molar-refractivity contribution is -0.128. The van der Waals surface area contributed by atoms with Crippen molar-refractivity contribution in [3.8, 4) is 0 Å². The molecule has 3 heterocycles. The van der Waals surface area contributed by atoms with Gasteiger partial charge in [0.2, 0.25) is 0 Å². The zero-order valence-corrected chi connectivity index (χ0v) is 16.7. The van der Waals surface area contributed by atoms with Crippen molar-refractivity contribution >= 4 is 23.6 Å². The number of amidine groups is 1. The lowest BCUT2D eigenvalue weighted by atomic mass is 9.98. The summed E-state index contributed by atoms with van der Waals surface area (Å²) in [5, 5.41) is 0. The average molecular weight is 416 g/mol. The van der Waals surface area contributed by atoms with Crippen LogP contribution in [0, 0.1) is 5.82 Å². The topological polar surface area (TPSA) is 84.2 Å². The summed E-state index contributed by atoms with van der Waals surface area (Å²) in [4.78, 5) is 24.5. The van der Waals surface area contributed by atoms with Crippen molar-refractivity contribution in [2.75, 3.05) is 5.73 Å². The highest BCUT2D eigenvalue weighted by atomic mass is 19.1. The van der Waals surface area contributed by atoms with Crippen LogP contribution in [0.4, 0.5) is 10.1 Å². The molecule has 1 aromatic heterocycles. The second-order valence-corrected chi connectivity index (χ2v) is 7.76. The molecule has 3 unspecified atom stereocenters. The van der Waals surface area contributed by atoms with E-state index in [9.17, 15) is 9.18 Å². The smallest absolute Gasteiger partial charge is 0.254 e. The predicted molar refractivity (Wildman–Crippen MR) is 116 cm³/mol. The highest BCUT2D eigenvalue weighted by Gasteiger charge is 2.44. The van der Waals surface area contributed by atoms with Gasteiger partial charge in [0.25, 0.3) is 5.91 Å². The predicted octanol–water partition coefficient (Wildman–Crippen LogP) is 3.59. The Balaban J connectivity index is 1.52. The third kappa shape index (κ3) is 3.74. The van der Waals surface area contributed by atoms with E-state index in [0.29, 0.717) is 35.7 Å². The number of benzene rings is 2. The van der Waals surface area contributed by atoms with Gasteiger partial charge in [-0.2, -0.15) is 0 Å². The number of halogens is 1. The van der Waals surface area contributed by atoms with Gasteiger partial charge in [0.05, 0.1) is 12.3 Å². The lowest BCUT2D eigenvalue weighted by Gasteiger charge is -2.33. The molecule has 6 nitrogen and oxygen atoms in total. The summed E-state index contributed by atoms with van der Waals surface area (Å²) < 4.78 is 19.5. The van der Waals surface area contributed by atoms with Crippen LogP contribution in [0.25, 0.3) is 0 Å². The third-order valence-corrected chi connectivity index (χ3v) is 5.57. The number of carbonyl (C=O) groups excluding carboxylic acids is 1. The van der Waals surface area contributed by atoms with Crippen LogP contribution in [0.2, 0.25) is 0 Å². The molecule has 0 bridgehead atoms. The molecule has 0 aliphatic carbocycles. The molecule has 2 aliphatic rings. The van der Waals surface area contributed by atoms with E-state index in [2.05, 4.69) is 0 Å². The van der Waals surface area contributed by atoms with Gasteiger partial charge in [-0.05, 0) is 41.5 Å². The minimum atomic E-state index is -0.602. The molecule has 0 fully saturated rings. The second kappa shape index (κ2) is 7.83. The average Bonchev–Trinajstić information content (AvgIpc) is 3.38. The minimum Gasteiger partial charge on any atom is -0.469 e. The highest BCUT2D eigenvalue weighted by molar-refractivity contribution is 6.12. The van der Waals surface area contributed by atoms with Crippen LogP contribution >= 0.6 is 0 Å². The van der Waals surface area contributed by atoms with Gasteiger partial charge in [-0.1, -0.05) is 30.3 Å². The van der Waals surface area contributed by atoms with Gasteiger partial charge >= 0.3 is 0 Å². The van der Waals surface area contributed by atoms with Crippen LogP contribution in [0.3, 0.4) is 0 Å². The fourth-order valence-electron chi connectivity index (χ4n) is 4.17. The number of carbonyl (C=O) groups is 1. The summed E-state index contributed by atoms with van der Waals surface area (Å²) in [6, 6.07) is 16.4. The lowest BCUT2D eigenvalue weighted by Crippen LogP contribution is -2.47. The summed E-state index contributed by atoms with van der Waals surface area (Å²) in [5.41, 5.74) is 7.82. The Morgan fingerprint density at radius 3 is 2.61 bits per heavy atom. The highest BCUT2D eigenvalue weighted by Crippen LogP contribution is 2.33. The van der Waals surface area contributed by atoms with E-state index in [1.54, 1.807) is 29.5 Å². The third-order valence-electron chi connectivity index (χ3n) is 5.57. The number of furan rings is 1. The first-order chi connectivity index (χ1) is 15.1. The van der Waals surface area contributed by atoms with Crippen LogP contribution in [-0.2, 0) is 17.6 Å². The number of rotatable bonds is 5. The van der Waals surface area contributed by atoms with Crippen molar-refractivity contribution in [2.24, 2.45) is 9.98 Å². The number of nitrogens with two attached hydrogens (primary N) is 1. The summed E-state index contributed by atoms with van der Waals surface area (Å²) in [5.74, 6) is 0.686. The van der Waals surface area contributed by atoms with Crippen molar-refractivity contribution in [1.82, 2.24) is 4.90 Å². The standard InChI is InChI=1S/C24H21FN4O2/c25-17-10-16(11-18(26)12-17)22-14-27-20(9-15-5-2-1-3-6-15)23-28-21(24(30)29(22)23)13-19-7-4-8-31-19/h1-8,10-12,14,20-22H,9,13,26H2. The number of fused-ring (bicyclic) bond motifs is 1. The number of anilines is 1. The van der Waals surface area contributed by atoms with Crippen molar-refractivity contribution < 1.29 is 13.6 Å². The van der Waals surface area contributed by atoms with Gasteiger partial charge in [0, 0.05) is 24.7 Å². The van der Waals surface area contributed by atoms with Crippen LogP contribution < -0.4 is 5.73 Å². The summed E-state index contributed by atoms with van der Waals surface area (Å²) in [6.45, 7) is 0. The van der Waals surface area contributed by atoms with E-state index in [4.69, 9.17) is 20.1 Å². The minimum absolute atomic E-state index is 0.150. The Bertz CT molecular complexity index is 1140. The number of nitrogens with zero attached hydrogens (tertiary/aromatic N) is 3. The van der Waals surface area contributed by atoms with E-state index in [1.165, 1.54) is 12.1 Å². The van der Waals surface area contributed by atoms with Gasteiger partial charge in [-0.25, -0.2) is 4.39 Å². The molecule has 2 N–H and O–H groups in total. The summed E-state index contributed by atoms with van der Waals surface area (Å²) in [7, 11) is 0. The fraction of sp³-hybridized carbons (Fsp3) is 0.208. The van der Waals surface area contributed by atoms with E-state index >= 15 is 0 Å². The van der Waals surface area contributed by atoms with Crippen molar-refractivity contribution in [1.29, 1.82) is 0 Å². The molecule has 3 atom stereocenters. The maximum absolute atomic E-state index is 14.0. The van der Waals surface area contributed by atoms with Gasteiger partial charge in [0.15, 0.2) is 0 Å². The Hall–Kier alpha value is -3.74. The molecule has 3 aromatic rings. The Kier molecular flexibility index (Phi) is 4.86. The van der Waals surface area contributed by atoms with Crippen LogP contribution in [0.1, 0.15) is 22.9 Å². The normalized spacial score (nSPS) is 22.5. The molecule has 31 heavy (non-hydrogen) atoms. The molecule has 0 saturated carbocycles. The maximum atomic E-state index is 14.0. The molecule has 0 saturated heterocycles. The van der Waals surface area contributed by atoms with E-state index in [-0.39, 0.29) is 11.9 Å². The summed E-state index contributed by atoms with van der Waals surface area (Å²) in [6.07, 6.45) is 4.26. The van der Waals surface area contributed by atoms with E-state index < -0.39 is 17.9 Å². The molecular formula is C24H21FN4O2. The van der Waals surface area contributed by atoms with Crippen molar-refractivity contribution in [3.63, 3.8) is 0 Å². The number of amides is 1. The molecule has 0 spiro atoms. The Morgan fingerprint density at radius 1 is 1.03 bits per heavy atom. The SMILES string of the molecule is Nc1cc(F)cc(C2C=NC(Cc3ccccc3)C3=NC(Cc4ccco4)C(=O)N32)c1. The first-order valence-corrected chi connectivity index (χ1v) is 10.1. The number of aliphatic imine (C=N–C) groups is 2. The number of nitrogen functional groups attached to an aromatic ring is 1. The second-order valence-electron chi connectivity index (χ2n) is 7.76. The summed E-state index contributed by atoms with van der Waals surface area (Å²) >= 11 is 0. The fourth-order valence-corrected chi connectivity index (χ4v) is 4.17. The van der Waals surface area contributed by atoms with Crippen LogP contribution in [0.5, 0.6) is 0 Å². The maximum Gasteiger partial charge on any atom is 0.254 e. The van der Waals surface area contributed by atoms with Crippen LogP contribution in [0.15, 0.2) is 81.3 Å². The van der Waals surface area contributed by atoms with E-state index in [1.807, 2.05) is 36.4 Å². The number of hydrogen-bond donors (Lipinski definition) is 1. The molecule has 1 amide bonds. The van der Waals surface area contributed by atoms with Gasteiger partial charge in [-0.3, -0.25) is 19.7 Å². The molecule has 5 rings (SSSR count). The molecule has 2 aliphatic heterocycles. The largest absolute Gasteiger partial charge is 0.469 e. The van der Waals surface area contributed by atoms with Crippen molar-refractivity contribution in [3.05, 3.63) is 89.6 Å². The van der Waals surface area contributed by atoms with Crippen molar-refractivity contribution in [2.45, 2.75) is 31.0 Å². The quantitative estimate of drug-likeness (QED) is 0.645. The van der Waals surface area contributed by atoms with Gasteiger partial charge in [0.1, 0.15) is 29.5 Å². The molecular weight excluding hydrogens is 395 g/mol. The van der Waals surface area contributed by atoms with Crippen LogP contribution in [-0.4, -0.2) is 34.9 Å². The zero-order valence-electron chi connectivity index (χ0n) is 16.7. The van der Waals surface area contributed by atoms with Gasteiger partial charge in [-0.15, -0.1) is 0 Å². The molecule has 0 radical (unpaired) electrons. The monoisotopic (exact) mass is 416 g/mol. The Labute approximate surface area is 178 Å². The first kappa shape index (κ1) is 19.2.